The van der Waals surface area contributed by atoms with Crippen LogP contribution in [-0.4, -0.2) is 24.1 Å². The molecule has 0 saturated carbocycles. The molecule has 5 nitrogen and oxygen atoms in total. The number of carbonyl (C=O) groups is 1. The third-order valence-electron chi connectivity index (χ3n) is 3.54. The summed E-state index contributed by atoms with van der Waals surface area (Å²) in [5.74, 6) is 0.187. The Bertz CT molecular complexity index is 532. The van der Waals surface area contributed by atoms with Crippen LogP contribution in [0.15, 0.2) is 18.2 Å². The Labute approximate surface area is 124 Å². The van der Waals surface area contributed by atoms with Crippen molar-refractivity contribution in [2.75, 3.05) is 23.3 Å². The number of thiocarbonyl (C=S) groups is 1. The fourth-order valence-corrected chi connectivity index (χ4v) is 2.72. The standard InChI is InChI=1S/C14H20N4OS/c1-9-3-2-6-18(8-9)12-5-4-10(13(15)19)7-11(12)17-14(16)20/h4-5,7,9H,2-3,6,8H2,1H3,(H2,15,19)(H3,16,17,20). The molecule has 20 heavy (non-hydrogen) atoms. The van der Waals surface area contributed by atoms with E-state index in [9.17, 15) is 4.79 Å². The van der Waals surface area contributed by atoms with Gasteiger partial charge in [0.15, 0.2) is 5.11 Å². The van der Waals surface area contributed by atoms with Crippen molar-refractivity contribution in [3.8, 4) is 0 Å². The van der Waals surface area contributed by atoms with Crippen LogP contribution in [0, 0.1) is 5.92 Å². The summed E-state index contributed by atoms with van der Waals surface area (Å²) in [6, 6.07) is 5.34. The van der Waals surface area contributed by atoms with Gasteiger partial charge in [-0.1, -0.05) is 6.92 Å². The predicted octanol–water partition coefficient (Wildman–Crippen LogP) is 1.68. The van der Waals surface area contributed by atoms with E-state index in [1.807, 2.05) is 6.07 Å². The van der Waals surface area contributed by atoms with Gasteiger partial charge in [0.25, 0.3) is 0 Å². The first-order chi connectivity index (χ1) is 9.47. The van der Waals surface area contributed by atoms with E-state index in [0.717, 1.165) is 30.9 Å². The molecular formula is C14H20N4OS. The number of primary amides is 1. The number of piperidine rings is 1. The number of hydrogen-bond acceptors (Lipinski definition) is 3. The fourth-order valence-electron chi connectivity index (χ4n) is 2.61. The number of carbonyl (C=O) groups excluding carboxylic acids is 1. The number of hydrogen-bond donors (Lipinski definition) is 3. The number of nitrogens with one attached hydrogen (secondary N) is 1. The molecule has 1 fully saturated rings. The van der Waals surface area contributed by atoms with Crippen LogP contribution in [0.2, 0.25) is 0 Å². The fraction of sp³-hybridized carbons (Fsp3) is 0.429. The molecule has 2 rings (SSSR count). The first-order valence-electron chi connectivity index (χ1n) is 6.72. The molecule has 0 bridgehead atoms. The van der Waals surface area contributed by atoms with E-state index >= 15 is 0 Å². The molecule has 1 aromatic carbocycles. The van der Waals surface area contributed by atoms with Crippen molar-refractivity contribution in [3.05, 3.63) is 23.8 Å². The molecule has 0 aliphatic carbocycles. The molecule has 1 heterocycles. The van der Waals surface area contributed by atoms with Gasteiger partial charge in [-0.3, -0.25) is 4.79 Å². The average molecular weight is 292 g/mol. The van der Waals surface area contributed by atoms with Crippen molar-refractivity contribution in [3.63, 3.8) is 0 Å². The number of benzene rings is 1. The van der Waals surface area contributed by atoms with Gasteiger partial charge in [0.05, 0.1) is 11.4 Å². The van der Waals surface area contributed by atoms with Crippen molar-refractivity contribution in [2.24, 2.45) is 17.4 Å². The van der Waals surface area contributed by atoms with E-state index in [1.54, 1.807) is 12.1 Å². The van der Waals surface area contributed by atoms with E-state index in [0.29, 0.717) is 11.5 Å². The van der Waals surface area contributed by atoms with E-state index in [2.05, 4.69) is 17.1 Å². The molecule has 1 aliphatic rings. The molecule has 1 unspecified atom stereocenters. The Morgan fingerprint density at radius 3 is 2.80 bits per heavy atom. The smallest absolute Gasteiger partial charge is 0.248 e. The highest BCUT2D eigenvalue weighted by molar-refractivity contribution is 7.80. The molecule has 6 heteroatoms. The van der Waals surface area contributed by atoms with Gasteiger partial charge < -0.3 is 21.7 Å². The number of anilines is 2. The Morgan fingerprint density at radius 2 is 2.20 bits per heavy atom. The minimum atomic E-state index is -0.463. The highest BCUT2D eigenvalue weighted by Crippen LogP contribution is 2.30. The Hall–Kier alpha value is -1.82. The summed E-state index contributed by atoms with van der Waals surface area (Å²) >= 11 is 4.90. The number of rotatable bonds is 3. The van der Waals surface area contributed by atoms with E-state index in [4.69, 9.17) is 23.7 Å². The topological polar surface area (TPSA) is 84.4 Å². The maximum Gasteiger partial charge on any atom is 0.248 e. The van der Waals surface area contributed by atoms with Gasteiger partial charge in [-0.2, -0.15) is 0 Å². The van der Waals surface area contributed by atoms with Crippen LogP contribution >= 0.6 is 12.2 Å². The number of amides is 1. The van der Waals surface area contributed by atoms with Crippen molar-refractivity contribution >= 4 is 34.6 Å². The second-order valence-corrected chi connectivity index (χ2v) is 5.72. The molecule has 1 aliphatic heterocycles. The van der Waals surface area contributed by atoms with Crippen LogP contribution in [0.5, 0.6) is 0 Å². The van der Waals surface area contributed by atoms with Gasteiger partial charge in [0.1, 0.15) is 0 Å². The molecule has 0 aromatic heterocycles. The summed E-state index contributed by atoms with van der Waals surface area (Å²) in [4.78, 5) is 13.6. The quantitative estimate of drug-likeness (QED) is 0.738. The molecule has 1 aromatic rings. The molecule has 0 spiro atoms. The predicted molar refractivity (Wildman–Crippen MR) is 86.0 cm³/mol. The van der Waals surface area contributed by atoms with Crippen molar-refractivity contribution < 1.29 is 4.79 Å². The van der Waals surface area contributed by atoms with Crippen LogP contribution in [-0.2, 0) is 0 Å². The molecule has 1 saturated heterocycles. The molecule has 5 N–H and O–H groups in total. The highest BCUT2D eigenvalue weighted by atomic mass is 32.1. The molecule has 108 valence electrons. The van der Waals surface area contributed by atoms with Crippen LogP contribution in [0.25, 0.3) is 0 Å². The first-order valence-corrected chi connectivity index (χ1v) is 7.13. The summed E-state index contributed by atoms with van der Waals surface area (Å²) in [5, 5.41) is 3.12. The average Bonchev–Trinajstić information content (AvgIpc) is 2.37. The van der Waals surface area contributed by atoms with Crippen molar-refractivity contribution in [2.45, 2.75) is 19.8 Å². The summed E-state index contributed by atoms with van der Waals surface area (Å²) in [6.45, 7) is 4.22. The summed E-state index contributed by atoms with van der Waals surface area (Å²) in [6.07, 6.45) is 2.40. The largest absolute Gasteiger partial charge is 0.376 e. The number of nitrogens with two attached hydrogens (primary N) is 2. The lowest BCUT2D eigenvalue weighted by Gasteiger charge is -2.34. The maximum atomic E-state index is 11.3. The van der Waals surface area contributed by atoms with Gasteiger partial charge in [0, 0.05) is 18.7 Å². The van der Waals surface area contributed by atoms with E-state index < -0.39 is 5.91 Å². The van der Waals surface area contributed by atoms with Gasteiger partial charge in [0.2, 0.25) is 5.91 Å². The SMILES string of the molecule is CC1CCCN(c2ccc(C(N)=O)cc2NC(N)=S)C1. The Kier molecular flexibility index (Phi) is 4.44. The van der Waals surface area contributed by atoms with Crippen LogP contribution < -0.4 is 21.7 Å². The van der Waals surface area contributed by atoms with E-state index in [-0.39, 0.29) is 5.11 Å². The van der Waals surface area contributed by atoms with Crippen LogP contribution in [0.3, 0.4) is 0 Å². The Balaban J connectivity index is 2.34. The van der Waals surface area contributed by atoms with Gasteiger partial charge >= 0.3 is 0 Å². The van der Waals surface area contributed by atoms with E-state index in [1.165, 1.54) is 6.42 Å². The zero-order valence-corrected chi connectivity index (χ0v) is 12.4. The minimum absolute atomic E-state index is 0.179. The third kappa shape index (κ3) is 3.39. The molecule has 1 amide bonds. The highest BCUT2D eigenvalue weighted by Gasteiger charge is 2.20. The third-order valence-corrected chi connectivity index (χ3v) is 3.64. The summed E-state index contributed by atoms with van der Waals surface area (Å²) in [5.41, 5.74) is 13.1. The zero-order valence-electron chi connectivity index (χ0n) is 11.6. The lowest BCUT2D eigenvalue weighted by Crippen LogP contribution is -2.35. The van der Waals surface area contributed by atoms with Crippen molar-refractivity contribution in [1.82, 2.24) is 0 Å². The zero-order chi connectivity index (χ0) is 14.7. The number of nitrogens with zero attached hydrogens (tertiary/aromatic N) is 1. The van der Waals surface area contributed by atoms with Crippen LogP contribution in [0.4, 0.5) is 11.4 Å². The lowest BCUT2D eigenvalue weighted by molar-refractivity contribution is 0.100. The van der Waals surface area contributed by atoms with Gasteiger partial charge in [-0.25, -0.2) is 0 Å². The van der Waals surface area contributed by atoms with Gasteiger partial charge in [-0.05, 0) is 49.2 Å². The second kappa shape index (κ2) is 6.09. The van der Waals surface area contributed by atoms with Crippen LogP contribution in [0.1, 0.15) is 30.1 Å². The first kappa shape index (κ1) is 14.6. The lowest BCUT2D eigenvalue weighted by atomic mass is 9.99. The summed E-state index contributed by atoms with van der Waals surface area (Å²) in [7, 11) is 0. The normalized spacial score (nSPS) is 18.6. The maximum absolute atomic E-state index is 11.3. The monoisotopic (exact) mass is 292 g/mol. The van der Waals surface area contributed by atoms with Crippen molar-refractivity contribution in [1.29, 1.82) is 0 Å². The van der Waals surface area contributed by atoms with Gasteiger partial charge in [-0.15, -0.1) is 0 Å². The Morgan fingerprint density at radius 1 is 1.45 bits per heavy atom. The molecule has 1 atom stereocenters. The molecular weight excluding hydrogens is 272 g/mol. The minimum Gasteiger partial charge on any atom is -0.376 e. The summed E-state index contributed by atoms with van der Waals surface area (Å²) < 4.78 is 0. The molecule has 0 radical (unpaired) electrons. The second-order valence-electron chi connectivity index (χ2n) is 5.28.